The van der Waals surface area contributed by atoms with Crippen LogP contribution in [0.1, 0.15) is 6.42 Å². The zero-order valence-electron chi connectivity index (χ0n) is 10.6. The molecular weight excluding hydrogens is 246 g/mol. The molecule has 3 rings (SSSR count). The van der Waals surface area contributed by atoms with Crippen molar-refractivity contribution in [1.29, 1.82) is 0 Å². The molecule has 0 bridgehead atoms. The number of nitrogens with one attached hydrogen (secondary N) is 3. The summed E-state index contributed by atoms with van der Waals surface area (Å²) >= 11 is 0. The molecule has 8 nitrogen and oxygen atoms in total. The second-order valence-corrected chi connectivity index (χ2v) is 4.38. The van der Waals surface area contributed by atoms with Crippen LogP contribution in [-0.4, -0.2) is 52.8 Å². The third-order valence-corrected chi connectivity index (χ3v) is 3.07. The van der Waals surface area contributed by atoms with E-state index in [1.807, 2.05) is 4.90 Å². The summed E-state index contributed by atoms with van der Waals surface area (Å²) in [6.45, 7) is 1.79. The highest BCUT2D eigenvalue weighted by molar-refractivity contribution is 5.90. The van der Waals surface area contributed by atoms with E-state index < -0.39 is 0 Å². The molecule has 3 N–H and O–H groups in total. The van der Waals surface area contributed by atoms with E-state index in [4.69, 9.17) is 0 Å². The lowest BCUT2D eigenvalue weighted by Crippen LogP contribution is -2.33. The van der Waals surface area contributed by atoms with Gasteiger partial charge in [0.15, 0.2) is 5.65 Å². The largest absolute Gasteiger partial charge is 0.357 e. The summed E-state index contributed by atoms with van der Waals surface area (Å²) in [5.74, 6) is 1.26. The number of fused-ring (bicyclic) bond motifs is 1. The van der Waals surface area contributed by atoms with Crippen LogP contribution in [0.4, 0.5) is 11.8 Å². The van der Waals surface area contributed by atoms with Gasteiger partial charge in [0.05, 0.1) is 18.1 Å². The molecule has 0 spiro atoms. The van der Waals surface area contributed by atoms with Crippen molar-refractivity contribution in [1.82, 2.24) is 25.5 Å². The number of H-pyrrole nitrogens is 1. The molecule has 1 aliphatic rings. The predicted molar refractivity (Wildman–Crippen MR) is 71.1 cm³/mol. The van der Waals surface area contributed by atoms with Crippen LogP contribution in [0.5, 0.6) is 0 Å². The molecule has 1 aliphatic heterocycles. The highest BCUT2D eigenvalue weighted by Crippen LogP contribution is 2.24. The van der Waals surface area contributed by atoms with Gasteiger partial charge in [-0.2, -0.15) is 15.1 Å². The summed E-state index contributed by atoms with van der Waals surface area (Å²) in [6.07, 6.45) is 2.58. The Labute approximate surface area is 109 Å². The number of carbonyl (C=O) groups excluding carboxylic acids is 1. The first-order valence-corrected chi connectivity index (χ1v) is 6.18. The SMILES string of the molecule is CNc1nc(N2CCCNC(=O)C2)c2cn[nH]c2n1. The summed E-state index contributed by atoms with van der Waals surface area (Å²) < 4.78 is 0. The maximum atomic E-state index is 11.7. The van der Waals surface area contributed by atoms with Crippen LogP contribution in [0.2, 0.25) is 0 Å². The Morgan fingerprint density at radius 2 is 2.32 bits per heavy atom. The van der Waals surface area contributed by atoms with Crippen LogP contribution in [-0.2, 0) is 4.79 Å². The maximum absolute atomic E-state index is 11.7. The fraction of sp³-hybridized carbons (Fsp3) is 0.455. The van der Waals surface area contributed by atoms with Crippen LogP contribution in [0, 0.1) is 0 Å². The van der Waals surface area contributed by atoms with Crippen molar-refractivity contribution in [3.63, 3.8) is 0 Å². The minimum absolute atomic E-state index is 0.0127. The van der Waals surface area contributed by atoms with Gasteiger partial charge in [0, 0.05) is 20.1 Å². The number of hydrogen-bond acceptors (Lipinski definition) is 6. The van der Waals surface area contributed by atoms with E-state index in [0.717, 1.165) is 24.2 Å². The number of hydrogen-bond donors (Lipinski definition) is 3. The summed E-state index contributed by atoms with van der Waals surface area (Å²) in [5.41, 5.74) is 0.666. The van der Waals surface area contributed by atoms with Gasteiger partial charge in [-0.25, -0.2) is 0 Å². The topological polar surface area (TPSA) is 98.8 Å². The molecule has 0 atom stereocenters. The van der Waals surface area contributed by atoms with Gasteiger partial charge in [0.2, 0.25) is 11.9 Å². The quantitative estimate of drug-likeness (QED) is 0.687. The minimum atomic E-state index is 0.0127. The van der Waals surface area contributed by atoms with E-state index >= 15 is 0 Å². The molecule has 100 valence electrons. The summed E-state index contributed by atoms with van der Waals surface area (Å²) in [4.78, 5) is 22.4. The van der Waals surface area contributed by atoms with Crippen LogP contribution in [0.25, 0.3) is 11.0 Å². The second-order valence-electron chi connectivity index (χ2n) is 4.38. The van der Waals surface area contributed by atoms with Gasteiger partial charge in [-0.05, 0) is 6.42 Å². The van der Waals surface area contributed by atoms with Gasteiger partial charge in [-0.3, -0.25) is 9.89 Å². The van der Waals surface area contributed by atoms with Crippen LogP contribution >= 0.6 is 0 Å². The lowest BCUT2D eigenvalue weighted by atomic mass is 10.3. The average Bonchev–Trinajstić information content (AvgIpc) is 2.79. The van der Waals surface area contributed by atoms with Crippen molar-refractivity contribution in [2.45, 2.75) is 6.42 Å². The van der Waals surface area contributed by atoms with E-state index in [-0.39, 0.29) is 5.91 Å². The molecule has 2 aromatic rings. The van der Waals surface area contributed by atoms with E-state index in [1.165, 1.54) is 0 Å². The number of aromatic nitrogens is 4. The molecule has 0 unspecified atom stereocenters. The van der Waals surface area contributed by atoms with E-state index in [1.54, 1.807) is 13.2 Å². The monoisotopic (exact) mass is 261 g/mol. The Hall–Kier alpha value is -2.38. The van der Waals surface area contributed by atoms with Crippen LogP contribution < -0.4 is 15.5 Å². The molecule has 0 saturated carbocycles. The van der Waals surface area contributed by atoms with Crippen molar-refractivity contribution in [3.05, 3.63) is 6.20 Å². The Morgan fingerprint density at radius 3 is 3.16 bits per heavy atom. The first-order valence-electron chi connectivity index (χ1n) is 6.18. The van der Waals surface area contributed by atoms with Crippen molar-refractivity contribution >= 4 is 28.7 Å². The zero-order valence-corrected chi connectivity index (χ0v) is 10.6. The molecule has 0 radical (unpaired) electrons. The first kappa shape index (κ1) is 11.7. The molecule has 3 heterocycles. The van der Waals surface area contributed by atoms with Crippen LogP contribution in [0.3, 0.4) is 0 Å². The molecule has 0 aromatic carbocycles. The predicted octanol–water partition coefficient (Wildman–Crippen LogP) is -0.279. The average molecular weight is 261 g/mol. The van der Waals surface area contributed by atoms with Gasteiger partial charge < -0.3 is 15.5 Å². The Balaban J connectivity index is 2.06. The fourth-order valence-corrected chi connectivity index (χ4v) is 2.16. The van der Waals surface area contributed by atoms with Gasteiger partial charge in [0.25, 0.3) is 0 Å². The molecular formula is C11H15N7O. The van der Waals surface area contributed by atoms with E-state index in [9.17, 15) is 4.79 Å². The minimum Gasteiger partial charge on any atom is -0.357 e. The number of anilines is 2. The normalized spacial score (nSPS) is 16.3. The van der Waals surface area contributed by atoms with Gasteiger partial charge in [0.1, 0.15) is 5.82 Å². The summed E-state index contributed by atoms with van der Waals surface area (Å²) in [7, 11) is 1.76. The number of aromatic amines is 1. The maximum Gasteiger partial charge on any atom is 0.239 e. The number of rotatable bonds is 2. The third-order valence-electron chi connectivity index (χ3n) is 3.07. The third kappa shape index (κ3) is 2.16. The molecule has 1 saturated heterocycles. The summed E-state index contributed by atoms with van der Waals surface area (Å²) in [6, 6.07) is 0. The van der Waals surface area contributed by atoms with Gasteiger partial charge in [-0.15, -0.1) is 0 Å². The number of carbonyl (C=O) groups is 1. The molecule has 0 aliphatic carbocycles. The Kier molecular flexibility index (Phi) is 2.90. The Morgan fingerprint density at radius 1 is 1.42 bits per heavy atom. The van der Waals surface area contributed by atoms with Crippen molar-refractivity contribution in [2.75, 3.05) is 36.9 Å². The van der Waals surface area contributed by atoms with E-state index in [0.29, 0.717) is 24.7 Å². The van der Waals surface area contributed by atoms with Gasteiger partial charge >= 0.3 is 0 Å². The Bertz CT molecular complexity index is 608. The van der Waals surface area contributed by atoms with E-state index in [2.05, 4.69) is 30.8 Å². The molecule has 1 amide bonds. The van der Waals surface area contributed by atoms with Crippen molar-refractivity contribution < 1.29 is 4.79 Å². The molecule has 8 heteroatoms. The molecule has 1 fully saturated rings. The highest BCUT2D eigenvalue weighted by Gasteiger charge is 2.20. The lowest BCUT2D eigenvalue weighted by Gasteiger charge is -2.20. The molecule has 2 aromatic heterocycles. The number of nitrogens with zero attached hydrogens (tertiary/aromatic N) is 4. The summed E-state index contributed by atoms with van der Waals surface area (Å²) in [5, 5.41) is 13.4. The number of amides is 1. The highest BCUT2D eigenvalue weighted by atomic mass is 16.2. The van der Waals surface area contributed by atoms with Gasteiger partial charge in [-0.1, -0.05) is 0 Å². The fourth-order valence-electron chi connectivity index (χ4n) is 2.16. The first-order chi connectivity index (χ1) is 9.28. The second kappa shape index (κ2) is 4.71. The zero-order chi connectivity index (χ0) is 13.2. The standard InChI is InChI=1S/C11H15N7O/c1-12-11-15-9-7(5-14-17-9)10(16-11)18-4-2-3-13-8(19)6-18/h5H,2-4,6H2,1H3,(H,13,19)(H2,12,14,15,16,17). The van der Waals surface area contributed by atoms with Crippen LogP contribution in [0.15, 0.2) is 6.20 Å². The molecule has 19 heavy (non-hydrogen) atoms. The van der Waals surface area contributed by atoms with Crippen molar-refractivity contribution in [2.24, 2.45) is 0 Å². The lowest BCUT2D eigenvalue weighted by molar-refractivity contribution is -0.119. The van der Waals surface area contributed by atoms with Crippen molar-refractivity contribution in [3.8, 4) is 0 Å². The smallest absolute Gasteiger partial charge is 0.239 e.